The third kappa shape index (κ3) is 1.70. The lowest BCUT2D eigenvalue weighted by Gasteiger charge is -2.24. The predicted molar refractivity (Wildman–Crippen MR) is 61.0 cm³/mol. The average molecular weight is 247 g/mol. The van der Waals surface area contributed by atoms with Gasteiger partial charge in [-0.05, 0) is 20.3 Å². The number of ether oxygens (including phenoxy) is 1. The number of carbonyl (C=O) groups excluding carboxylic acids is 2. The molecule has 0 bridgehead atoms. The summed E-state index contributed by atoms with van der Waals surface area (Å²) in [5.74, 6) is -0.475. The minimum atomic E-state index is -1.09. The smallest absolute Gasteiger partial charge is 0.342 e. The molecule has 1 aromatic heterocycles. The number of aryl methyl sites for hydroxylation is 1. The number of fused-ring (bicyclic) bond motifs is 1. The highest BCUT2D eigenvalue weighted by Gasteiger charge is 2.43. The summed E-state index contributed by atoms with van der Waals surface area (Å²) >= 11 is 0. The quantitative estimate of drug-likeness (QED) is 0.748. The molecule has 1 aliphatic carbocycles. The molecule has 1 heterocycles. The summed E-state index contributed by atoms with van der Waals surface area (Å²) in [4.78, 5) is 24.0. The molecule has 1 aromatic rings. The number of hydrogen-bond acceptors (Lipinski definition) is 5. The second-order valence-electron chi connectivity index (χ2n) is 4.44. The van der Waals surface area contributed by atoms with Gasteiger partial charge in [-0.1, -0.05) is 0 Å². The number of rotatable bonds is 2. The van der Waals surface area contributed by atoms with Crippen molar-refractivity contribution in [2.45, 2.75) is 26.7 Å². The zero-order valence-corrected chi connectivity index (χ0v) is 10.3. The Morgan fingerprint density at radius 1 is 1.67 bits per heavy atom. The summed E-state index contributed by atoms with van der Waals surface area (Å²) < 4.78 is 10.1. The van der Waals surface area contributed by atoms with Crippen LogP contribution in [0.2, 0.25) is 0 Å². The minimum absolute atomic E-state index is 0.123. The standard InChI is InChI=1S/C13H13NO4/c1-3-17-12(16)8-6-18-9-4-5-13(2,7-14)11(15)10(8)9/h6H,3-5H2,1-2H3. The van der Waals surface area contributed by atoms with Crippen molar-refractivity contribution in [3.8, 4) is 6.07 Å². The Morgan fingerprint density at radius 3 is 3.00 bits per heavy atom. The van der Waals surface area contributed by atoms with E-state index in [0.29, 0.717) is 18.6 Å². The van der Waals surface area contributed by atoms with Crippen LogP contribution in [0.25, 0.3) is 0 Å². The van der Waals surface area contributed by atoms with Gasteiger partial charge in [-0.25, -0.2) is 4.79 Å². The molecule has 0 saturated heterocycles. The Kier molecular flexibility index (Phi) is 2.95. The molecule has 5 nitrogen and oxygen atoms in total. The number of ketones is 1. The second-order valence-corrected chi connectivity index (χ2v) is 4.44. The Labute approximate surface area is 104 Å². The lowest BCUT2D eigenvalue weighted by atomic mass is 9.74. The number of carbonyl (C=O) groups is 2. The maximum Gasteiger partial charge on any atom is 0.342 e. The van der Waals surface area contributed by atoms with E-state index < -0.39 is 11.4 Å². The molecular formula is C13H13NO4. The van der Waals surface area contributed by atoms with Crippen molar-refractivity contribution >= 4 is 11.8 Å². The van der Waals surface area contributed by atoms with Crippen LogP contribution in [-0.4, -0.2) is 18.4 Å². The topological polar surface area (TPSA) is 80.3 Å². The molecule has 0 spiro atoms. The summed E-state index contributed by atoms with van der Waals surface area (Å²) in [6.45, 7) is 3.49. The minimum Gasteiger partial charge on any atom is -0.468 e. The van der Waals surface area contributed by atoms with E-state index >= 15 is 0 Å². The summed E-state index contributed by atoms with van der Waals surface area (Å²) in [7, 11) is 0. The highest BCUT2D eigenvalue weighted by Crippen LogP contribution is 2.37. The van der Waals surface area contributed by atoms with Crippen LogP contribution in [0.4, 0.5) is 0 Å². The lowest BCUT2D eigenvalue weighted by molar-refractivity contribution is 0.0521. The van der Waals surface area contributed by atoms with Gasteiger partial charge in [0.15, 0.2) is 5.78 Å². The number of Topliss-reactive ketones (excluding diaryl/α,β-unsaturated/α-hetero) is 1. The van der Waals surface area contributed by atoms with Gasteiger partial charge in [0.2, 0.25) is 0 Å². The van der Waals surface area contributed by atoms with E-state index in [9.17, 15) is 9.59 Å². The fourth-order valence-corrected chi connectivity index (χ4v) is 2.05. The molecule has 1 unspecified atom stereocenters. The van der Waals surface area contributed by atoms with Gasteiger partial charge in [0.25, 0.3) is 0 Å². The molecule has 1 atom stereocenters. The number of nitrogens with zero attached hydrogens (tertiary/aromatic N) is 1. The first-order valence-corrected chi connectivity index (χ1v) is 5.77. The van der Waals surface area contributed by atoms with Gasteiger partial charge >= 0.3 is 5.97 Å². The molecule has 5 heteroatoms. The van der Waals surface area contributed by atoms with Crippen molar-refractivity contribution in [1.82, 2.24) is 0 Å². The van der Waals surface area contributed by atoms with Crippen molar-refractivity contribution in [3.05, 3.63) is 23.2 Å². The van der Waals surface area contributed by atoms with Crippen LogP contribution in [0.5, 0.6) is 0 Å². The van der Waals surface area contributed by atoms with E-state index in [2.05, 4.69) is 0 Å². The molecule has 0 aromatic carbocycles. The van der Waals surface area contributed by atoms with Gasteiger partial charge in [0, 0.05) is 6.42 Å². The Morgan fingerprint density at radius 2 is 2.39 bits per heavy atom. The predicted octanol–water partition coefficient (Wildman–Crippen LogP) is 2.12. The fraction of sp³-hybridized carbons (Fsp3) is 0.462. The highest BCUT2D eigenvalue weighted by molar-refractivity contribution is 6.11. The molecule has 0 aliphatic heterocycles. The van der Waals surface area contributed by atoms with E-state index in [-0.39, 0.29) is 23.5 Å². The van der Waals surface area contributed by atoms with Gasteiger partial charge in [0.1, 0.15) is 23.0 Å². The normalized spacial score (nSPS) is 22.2. The maximum atomic E-state index is 12.3. The van der Waals surface area contributed by atoms with Crippen LogP contribution in [0.15, 0.2) is 10.7 Å². The molecule has 0 radical (unpaired) electrons. The first-order valence-electron chi connectivity index (χ1n) is 5.77. The van der Waals surface area contributed by atoms with Crippen molar-refractivity contribution in [2.24, 2.45) is 5.41 Å². The van der Waals surface area contributed by atoms with Crippen molar-refractivity contribution < 1.29 is 18.7 Å². The molecule has 0 saturated carbocycles. The van der Waals surface area contributed by atoms with Crippen LogP contribution in [-0.2, 0) is 11.2 Å². The van der Waals surface area contributed by atoms with Crippen molar-refractivity contribution in [3.63, 3.8) is 0 Å². The monoisotopic (exact) mass is 247 g/mol. The largest absolute Gasteiger partial charge is 0.468 e. The van der Waals surface area contributed by atoms with Crippen LogP contribution >= 0.6 is 0 Å². The number of nitriles is 1. The van der Waals surface area contributed by atoms with Crippen LogP contribution in [0.1, 0.15) is 46.7 Å². The van der Waals surface area contributed by atoms with Gasteiger partial charge in [0.05, 0.1) is 18.2 Å². The summed E-state index contributed by atoms with van der Waals surface area (Å²) in [6, 6.07) is 2.02. The summed E-state index contributed by atoms with van der Waals surface area (Å²) in [6.07, 6.45) is 2.12. The molecule has 94 valence electrons. The van der Waals surface area contributed by atoms with E-state index in [4.69, 9.17) is 14.4 Å². The van der Waals surface area contributed by atoms with Gasteiger partial charge in [-0.15, -0.1) is 0 Å². The van der Waals surface area contributed by atoms with E-state index in [0.717, 1.165) is 0 Å². The average Bonchev–Trinajstić information content (AvgIpc) is 2.79. The molecule has 0 amide bonds. The maximum absolute atomic E-state index is 12.3. The SMILES string of the molecule is CCOC(=O)c1coc2c1C(=O)C(C)(C#N)CC2. The summed E-state index contributed by atoms with van der Waals surface area (Å²) in [5, 5.41) is 9.10. The number of hydrogen-bond donors (Lipinski definition) is 0. The van der Waals surface area contributed by atoms with Crippen LogP contribution in [0.3, 0.4) is 0 Å². The molecule has 1 aliphatic rings. The summed E-state index contributed by atoms with van der Waals surface area (Å²) in [5.41, 5.74) is -0.750. The molecule has 0 N–H and O–H groups in total. The van der Waals surface area contributed by atoms with Crippen molar-refractivity contribution in [2.75, 3.05) is 6.61 Å². The molecule has 18 heavy (non-hydrogen) atoms. The molecular weight excluding hydrogens is 234 g/mol. The second kappa shape index (κ2) is 4.30. The van der Waals surface area contributed by atoms with E-state index in [1.807, 2.05) is 6.07 Å². The number of esters is 1. The first kappa shape index (κ1) is 12.4. The third-order valence-corrected chi connectivity index (χ3v) is 3.19. The van der Waals surface area contributed by atoms with Gasteiger partial charge < -0.3 is 9.15 Å². The third-order valence-electron chi connectivity index (χ3n) is 3.19. The Bertz CT molecular complexity index is 552. The first-order chi connectivity index (χ1) is 8.53. The van der Waals surface area contributed by atoms with Crippen LogP contribution < -0.4 is 0 Å². The zero-order chi connectivity index (χ0) is 13.3. The fourth-order valence-electron chi connectivity index (χ4n) is 2.05. The van der Waals surface area contributed by atoms with E-state index in [1.165, 1.54) is 6.26 Å². The Hall–Kier alpha value is -2.09. The Balaban J connectivity index is 2.47. The highest BCUT2D eigenvalue weighted by atomic mass is 16.5. The number of furan rings is 1. The van der Waals surface area contributed by atoms with Crippen molar-refractivity contribution in [1.29, 1.82) is 5.26 Å². The molecule has 0 fully saturated rings. The van der Waals surface area contributed by atoms with Gasteiger partial charge in [-0.3, -0.25) is 4.79 Å². The van der Waals surface area contributed by atoms with Gasteiger partial charge in [-0.2, -0.15) is 5.26 Å². The van der Waals surface area contributed by atoms with Crippen LogP contribution in [0, 0.1) is 16.7 Å². The molecule has 2 rings (SSSR count). The zero-order valence-electron chi connectivity index (χ0n) is 10.3. The lowest BCUT2D eigenvalue weighted by Crippen LogP contribution is -2.32. The van der Waals surface area contributed by atoms with E-state index in [1.54, 1.807) is 13.8 Å².